The summed E-state index contributed by atoms with van der Waals surface area (Å²) >= 11 is 0. The lowest BCUT2D eigenvalue weighted by molar-refractivity contribution is 0.102. The second-order valence-corrected chi connectivity index (χ2v) is 7.90. The molecule has 2 N–H and O–H groups in total. The molecule has 0 aliphatic heterocycles. The molecule has 1 aromatic heterocycles. The minimum atomic E-state index is -0.106. The highest BCUT2D eigenvalue weighted by atomic mass is 16.1. The zero-order valence-corrected chi connectivity index (χ0v) is 15.7. The van der Waals surface area contributed by atoms with E-state index in [1.165, 1.54) is 31.4 Å². The molecule has 1 heterocycles. The van der Waals surface area contributed by atoms with Gasteiger partial charge in [0.2, 0.25) is 0 Å². The lowest BCUT2D eigenvalue weighted by Gasteiger charge is -2.09. The first-order valence-electron chi connectivity index (χ1n) is 9.99. The van der Waals surface area contributed by atoms with Crippen molar-refractivity contribution in [3.8, 4) is 5.69 Å². The average molecular weight is 372 g/mol. The highest BCUT2D eigenvalue weighted by Crippen LogP contribution is 2.41. The number of carbonyl (C=O) groups is 1. The molecule has 0 spiro atoms. The van der Waals surface area contributed by atoms with Gasteiger partial charge in [-0.25, -0.2) is 4.98 Å². The van der Waals surface area contributed by atoms with E-state index in [-0.39, 0.29) is 5.91 Å². The number of aromatic nitrogens is 2. The molecule has 28 heavy (non-hydrogen) atoms. The fourth-order valence-corrected chi connectivity index (χ4v) is 3.67. The maximum Gasteiger partial charge on any atom is 0.255 e. The van der Waals surface area contributed by atoms with Crippen molar-refractivity contribution in [3.63, 3.8) is 0 Å². The van der Waals surface area contributed by atoms with Gasteiger partial charge >= 0.3 is 0 Å². The molecule has 5 rings (SSSR count). The Hall–Kier alpha value is -2.92. The molecule has 2 aliphatic carbocycles. The summed E-state index contributed by atoms with van der Waals surface area (Å²) in [4.78, 5) is 16.7. The first kappa shape index (κ1) is 17.2. The van der Waals surface area contributed by atoms with Crippen LogP contribution in [0.2, 0.25) is 0 Å². The van der Waals surface area contributed by atoms with Gasteiger partial charge in [-0.05, 0) is 67.6 Å². The molecule has 2 aliphatic rings. The first-order valence-corrected chi connectivity index (χ1v) is 9.99. The van der Waals surface area contributed by atoms with Crippen molar-refractivity contribution in [3.05, 3.63) is 78.4 Å². The number of benzene rings is 2. The van der Waals surface area contributed by atoms with Crippen molar-refractivity contribution >= 4 is 11.6 Å². The largest absolute Gasteiger partial charge is 0.322 e. The van der Waals surface area contributed by atoms with Gasteiger partial charge in [-0.1, -0.05) is 18.2 Å². The number of anilines is 1. The second kappa shape index (κ2) is 7.24. The smallest absolute Gasteiger partial charge is 0.255 e. The molecular weight excluding hydrogens is 348 g/mol. The van der Waals surface area contributed by atoms with Crippen molar-refractivity contribution < 1.29 is 4.79 Å². The summed E-state index contributed by atoms with van der Waals surface area (Å²) in [6.07, 6.45) is 9.31. The van der Waals surface area contributed by atoms with Gasteiger partial charge in [0.05, 0.1) is 6.33 Å². The van der Waals surface area contributed by atoms with Crippen LogP contribution in [-0.2, 0) is 0 Å². The third kappa shape index (κ3) is 3.85. The Balaban J connectivity index is 1.20. The Bertz CT molecular complexity index is 961. The van der Waals surface area contributed by atoms with E-state index in [1.54, 1.807) is 12.5 Å². The number of hydrogen-bond acceptors (Lipinski definition) is 3. The van der Waals surface area contributed by atoms with Crippen LogP contribution in [0, 0.1) is 5.92 Å². The van der Waals surface area contributed by atoms with Crippen molar-refractivity contribution in [1.29, 1.82) is 0 Å². The van der Waals surface area contributed by atoms with Crippen LogP contribution < -0.4 is 10.6 Å². The normalized spacial score (nSPS) is 20.7. The maximum atomic E-state index is 12.6. The highest BCUT2D eigenvalue weighted by Gasteiger charge is 2.38. The van der Waals surface area contributed by atoms with Crippen LogP contribution >= 0.6 is 0 Å². The average Bonchev–Trinajstić information content (AvgIpc) is 3.64. The lowest BCUT2D eigenvalue weighted by atomic mass is 10.1. The number of nitrogens with one attached hydrogen (secondary N) is 2. The minimum absolute atomic E-state index is 0.106. The van der Waals surface area contributed by atoms with E-state index in [0.29, 0.717) is 17.5 Å². The van der Waals surface area contributed by atoms with Gasteiger partial charge in [-0.2, -0.15) is 0 Å². The molecule has 5 nitrogen and oxygen atoms in total. The topological polar surface area (TPSA) is 59.0 Å². The van der Waals surface area contributed by atoms with Gasteiger partial charge in [0.25, 0.3) is 5.91 Å². The molecule has 0 unspecified atom stereocenters. The molecule has 5 heteroatoms. The van der Waals surface area contributed by atoms with E-state index in [0.717, 1.165) is 17.3 Å². The molecule has 142 valence electrons. The van der Waals surface area contributed by atoms with Crippen molar-refractivity contribution in [2.45, 2.75) is 31.2 Å². The summed E-state index contributed by atoms with van der Waals surface area (Å²) < 4.78 is 1.88. The maximum absolute atomic E-state index is 12.6. The van der Waals surface area contributed by atoms with Crippen LogP contribution in [0.3, 0.4) is 0 Å². The number of imidazole rings is 1. The molecule has 2 atom stereocenters. The Morgan fingerprint density at radius 2 is 2.00 bits per heavy atom. The summed E-state index contributed by atoms with van der Waals surface area (Å²) in [6.45, 7) is 1.17. The fraction of sp³-hybridized carbons (Fsp3) is 0.304. The predicted molar refractivity (Wildman–Crippen MR) is 110 cm³/mol. The summed E-state index contributed by atoms with van der Waals surface area (Å²) in [6, 6.07) is 16.4. The Morgan fingerprint density at radius 3 is 2.75 bits per heavy atom. The number of carbonyl (C=O) groups excluding carboxylic acids is 1. The molecule has 1 amide bonds. The van der Waals surface area contributed by atoms with Crippen LogP contribution in [0.15, 0.2) is 67.3 Å². The monoisotopic (exact) mass is 372 g/mol. The van der Waals surface area contributed by atoms with Crippen molar-refractivity contribution in [2.24, 2.45) is 5.92 Å². The van der Waals surface area contributed by atoms with Gasteiger partial charge in [0, 0.05) is 41.3 Å². The van der Waals surface area contributed by atoms with E-state index < -0.39 is 0 Å². The third-order valence-corrected chi connectivity index (χ3v) is 5.66. The summed E-state index contributed by atoms with van der Waals surface area (Å²) in [5.74, 6) is 1.44. The van der Waals surface area contributed by atoms with Gasteiger partial charge in [0.15, 0.2) is 0 Å². The SMILES string of the molecule is O=C(Nc1ccc([C@@H]2C[C@H]2NCC2CC2)cc1)c1cccc(-n2ccnc2)c1. The Morgan fingerprint density at radius 1 is 1.14 bits per heavy atom. The van der Waals surface area contributed by atoms with Gasteiger partial charge in [-0.3, -0.25) is 4.79 Å². The van der Waals surface area contributed by atoms with Crippen LogP contribution in [0.25, 0.3) is 5.69 Å². The molecule has 0 bridgehead atoms. The quantitative estimate of drug-likeness (QED) is 0.659. The standard InChI is InChI=1S/C23H24N4O/c28-23(18-2-1-3-20(12-18)27-11-10-24-15-27)26-19-8-6-17(7-9-19)21-13-22(21)25-14-16-4-5-16/h1-3,6-12,15-16,21-22,25H,4-5,13-14H2,(H,26,28)/t21-,22+/m0/s1. The molecule has 2 saturated carbocycles. The van der Waals surface area contributed by atoms with E-state index in [9.17, 15) is 4.79 Å². The number of hydrogen-bond donors (Lipinski definition) is 2. The molecule has 2 aromatic carbocycles. The molecule has 3 aromatic rings. The summed E-state index contributed by atoms with van der Waals surface area (Å²) in [7, 11) is 0. The lowest BCUT2D eigenvalue weighted by Crippen LogP contribution is -2.20. The molecule has 0 saturated heterocycles. The van der Waals surface area contributed by atoms with Crippen LogP contribution in [0.1, 0.15) is 41.1 Å². The fourth-order valence-electron chi connectivity index (χ4n) is 3.67. The molecule has 2 fully saturated rings. The van der Waals surface area contributed by atoms with Gasteiger partial charge in [-0.15, -0.1) is 0 Å². The van der Waals surface area contributed by atoms with Crippen LogP contribution in [0.5, 0.6) is 0 Å². The van der Waals surface area contributed by atoms with E-state index in [4.69, 9.17) is 0 Å². The minimum Gasteiger partial charge on any atom is -0.322 e. The van der Waals surface area contributed by atoms with Crippen LogP contribution in [-0.4, -0.2) is 28.0 Å². The van der Waals surface area contributed by atoms with Gasteiger partial charge in [0.1, 0.15) is 0 Å². The van der Waals surface area contributed by atoms with Crippen molar-refractivity contribution in [1.82, 2.24) is 14.9 Å². The van der Waals surface area contributed by atoms with Crippen LogP contribution in [0.4, 0.5) is 5.69 Å². The Labute approximate surface area is 164 Å². The predicted octanol–water partition coefficient (Wildman–Crippen LogP) is 3.98. The number of amides is 1. The molecular formula is C23H24N4O. The van der Waals surface area contributed by atoms with E-state index in [1.807, 2.05) is 47.2 Å². The second-order valence-electron chi connectivity index (χ2n) is 7.90. The van der Waals surface area contributed by atoms with Gasteiger partial charge < -0.3 is 15.2 Å². The summed E-state index contributed by atoms with van der Waals surface area (Å²) in [5, 5.41) is 6.67. The zero-order valence-electron chi connectivity index (χ0n) is 15.7. The highest BCUT2D eigenvalue weighted by molar-refractivity contribution is 6.04. The number of rotatable bonds is 7. The first-order chi connectivity index (χ1) is 13.8. The zero-order chi connectivity index (χ0) is 18.9. The van der Waals surface area contributed by atoms with Crippen molar-refractivity contribution in [2.75, 3.05) is 11.9 Å². The number of nitrogens with zero attached hydrogens (tertiary/aromatic N) is 2. The van der Waals surface area contributed by atoms with E-state index in [2.05, 4.69) is 27.8 Å². The summed E-state index contributed by atoms with van der Waals surface area (Å²) in [5.41, 5.74) is 3.72. The van der Waals surface area contributed by atoms with E-state index >= 15 is 0 Å². The molecule has 0 radical (unpaired) electrons. The third-order valence-electron chi connectivity index (χ3n) is 5.66. The Kier molecular flexibility index (Phi) is 4.45.